The molecular formula is C20H37IN4O. The lowest BCUT2D eigenvalue weighted by Gasteiger charge is -2.32. The highest BCUT2D eigenvalue weighted by Crippen LogP contribution is 2.16. The quantitative estimate of drug-likeness (QED) is 0.276. The van der Waals surface area contributed by atoms with Gasteiger partial charge in [0.2, 0.25) is 0 Å². The number of guanidine groups is 1. The Labute approximate surface area is 176 Å². The van der Waals surface area contributed by atoms with Crippen LogP contribution in [0.4, 0.5) is 0 Å². The van der Waals surface area contributed by atoms with Crippen LogP contribution in [0.3, 0.4) is 0 Å². The number of aliphatic imine (C=N–C) groups is 1. The Hall–Kier alpha value is -0.860. The number of halogens is 1. The first-order chi connectivity index (χ1) is 12.1. The molecule has 0 heterocycles. The van der Waals surface area contributed by atoms with Crippen molar-refractivity contribution in [3.05, 3.63) is 35.9 Å². The maximum absolute atomic E-state index is 9.69. The van der Waals surface area contributed by atoms with E-state index in [4.69, 9.17) is 0 Å². The zero-order valence-corrected chi connectivity index (χ0v) is 19.2. The number of nitrogens with one attached hydrogen (secondary N) is 2. The van der Waals surface area contributed by atoms with E-state index in [0.717, 1.165) is 18.1 Å². The van der Waals surface area contributed by atoms with Crippen molar-refractivity contribution in [2.24, 2.45) is 10.9 Å². The molecular weight excluding hydrogens is 439 g/mol. The summed E-state index contributed by atoms with van der Waals surface area (Å²) in [5, 5.41) is 16.5. The fourth-order valence-electron chi connectivity index (χ4n) is 3.26. The zero-order chi connectivity index (χ0) is 18.7. The minimum absolute atomic E-state index is 0. The van der Waals surface area contributed by atoms with Gasteiger partial charge in [-0.05, 0) is 25.6 Å². The number of aliphatic hydroxyl groups excluding tert-OH is 1. The van der Waals surface area contributed by atoms with Gasteiger partial charge in [0.25, 0.3) is 0 Å². The minimum atomic E-state index is 0. The van der Waals surface area contributed by atoms with Crippen LogP contribution in [0.5, 0.6) is 0 Å². The Morgan fingerprint density at radius 1 is 1.08 bits per heavy atom. The fraction of sp³-hybridized carbons (Fsp3) is 0.650. The highest BCUT2D eigenvalue weighted by atomic mass is 127. The number of nitrogens with zero attached hydrogens (tertiary/aromatic N) is 2. The van der Waals surface area contributed by atoms with E-state index in [1.165, 1.54) is 12.8 Å². The van der Waals surface area contributed by atoms with E-state index in [1.807, 2.05) is 30.3 Å². The van der Waals surface area contributed by atoms with Crippen molar-refractivity contribution >= 4 is 29.9 Å². The number of likely N-dealkylation sites (N-methyl/N-ethyl adjacent to an activating group) is 1. The molecule has 0 bridgehead atoms. The molecule has 0 amide bonds. The Morgan fingerprint density at radius 3 is 2.12 bits per heavy atom. The predicted octanol–water partition coefficient (Wildman–Crippen LogP) is 2.91. The van der Waals surface area contributed by atoms with E-state index in [2.05, 4.69) is 48.5 Å². The summed E-state index contributed by atoms with van der Waals surface area (Å²) in [6.45, 7) is 6.13. The molecule has 150 valence electrons. The smallest absolute Gasteiger partial charge is 0.191 e. The first-order valence-corrected chi connectivity index (χ1v) is 9.33. The fourth-order valence-corrected chi connectivity index (χ4v) is 3.26. The van der Waals surface area contributed by atoms with Gasteiger partial charge in [0, 0.05) is 32.1 Å². The van der Waals surface area contributed by atoms with Gasteiger partial charge in [0.05, 0.1) is 6.61 Å². The molecule has 0 aliphatic carbocycles. The third kappa shape index (κ3) is 8.22. The number of benzene rings is 1. The van der Waals surface area contributed by atoms with E-state index in [9.17, 15) is 5.11 Å². The van der Waals surface area contributed by atoms with E-state index in [0.29, 0.717) is 18.5 Å². The van der Waals surface area contributed by atoms with E-state index in [1.54, 1.807) is 7.05 Å². The van der Waals surface area contributed by atoms with Crippen molar-refractivity contribution < 1.29 is 5.11 Å². The number of hydrogen-bond donors (Lipinski definition) is 3. The SMILES string of the molecule is CCC(CC)C(CNC(=NC)NCC(CO)c1ccccc1)N(C)C.I. The average Bonchev–Trinajstić information content (AvgIpc) is 2.64. The first kappa shape index (κ1) is 25.1. The molecule has 2 unspecified atom stereocenters. The van der Waals surface area contributed by atoms with Crippen molar-refractivity contribution in [1.29, 1.82) is 0 Å². The monoisotopic (exact) mass is 476 g/mol. The summed E-state index contributed by atoms with van der Waals surface area (Å²) in [6, 6.07) is 10.6. The molecule has 5 nitrogen and oxygen atoms in total. The van der Waals surface area contributed by atoms with E-state index in [-0.39, 0.29) is 36.5 Å². The highest BCUT2D eigenvalue weighted by Gasteiger charge is 2.21. The zero-order valence-electron chi connectivity index (χ0n) is 16.9. The second kappa shape index (κ2) is 14.2. The predicted molar refractivity (Wildman–Crippen MR) is 123 cm³/mol. The van der Waals surface area contributed by atoms with Gasteiger partial charge in [-0.1, -0.05) is 57.0 Å². The molecule has 0 spiro atoms. The normalized spacial score (nSPS) is 14.1. The lowest BCUT2D eigenvalue weighted by molar-refractivity contribution is 0.200. The van der Waals surface area contributed by atoms with Crippen LogP contribution in [-0.4, -0.2) is 62.8 Å². The summed E-state index contributed by atoms with van der Waals surface area (Å²) in [7, 11) is 6.06. The molecule has 6 heteroatoms. The second-order valence-corrected chi connectivity index (χ2v) is 6.73. The average molecular weight is 476 g/mol. The number of rotatable bonds is 10. The first-order valence-electron chi connectivity index (χ1n) is 9.33. The molecule has 1 aromatic rings. The van der Waals surface area contributed by atoms with Gasteiger partial charge >= 0.3 is 0 Å². The van der Waals surface area contributed by atoms with Gasteiger partial charge in [-0.3, -0.25) is 4.99 Å². The van der Waals surface area contributed by atoms with Crippen molar-refractivity contribution in [2.75, 3.05) is 40.8 Å². The third-order valence-corrected chi connectivity index (χ3v) is 4.97. The molecule has 26 heavy (non-hydrogen) atoms. The molecule has 1 rings (SSSR count). The van der Waals surface area contributed by atoms with E-state index < -0.39 is 0 Å². The molecule has 1 aromatic carbocycles. The topological polar surface area (TPSA) is 59.9 Å². The molecule has 0 radical (unpaired) electrons. The highest BCUT2D eigenvalue weighted by molar-refractivity contribution is 14.0. The van der Waals surface area contributed by atoms with Crippen molar-refractivity contribution in [2.45, 2.75) is 38.6 Å². The summed E-state index contributed by atoms with van der Waals surface area (Å²) >= 11 is 0. The van der Waals surface area contributed by atoms with Crippen LogP contribution in [0.1, 0.15) is 38.2 Å². The molecule has 0 saturated carbocycles. The lowest BCUT2D eigenvalue weighted by Crippen LogP contribution is -2.48. The van der Waals surface area contributed by atoms with Gasteiger partial charge in [-0.15, -0.1) is 24.0 Å². The van der Waals surface area contributed by atoms with Crippen LogP contribution in [0.25, 0.3) is 0 Å². The van der Waals surface area contributed by atoms with Crippen LogP contribution >= 0.6 is 24.0 Å². The maximum Gasteiger partial charge on any atom is 0.191 e. The van der Waals surface area contributed by atoms with Gasteiger partial charge in [0.15, 0.2) is 5.96 Å². The Balaban J connectivity index is 0.00000625. The summed E-state index contributed by atoms with van der Waals surface area (Å²) in [4.78, 5) is 6.61. The van der Waals surface area contributed by atoms with Crippen molar-refractivity contribution in [3.63, 3.8) is 0 Å². The second-order valence-electron chi connectivity index (χ2n) is 6.73. The summed E-state index contributed by atoms with van der Waals surface area (Å²) in [5.74, 6) is 1.51. The molecule has 0 fully saturated rings. The van der Waals surface area contributed by atoms with Crippen LogP contribution in [-0.2, 0) is 0 Å². The lowest BCUT2D eigenvalue weighted by atomic mass is 9.93. The third-order valence-electron chi connectivity index (χ3n) is 4.97. The Morgan fingerprint density at radius 2 is 1.65 bits per heavy atom. The molecule has 0 aliphatic rings. The Bertz CT molecular complexity index is 492. The summed E-state index contributed by atoms with van der Waals surface area (Å²) in [5.41, 5.74) is 1.14. The van der Waals surface area contributed by atoms with E-state index >= 15 is 0 Å². The van der Waals surface area contributed by atoms with Crippen LogP contribution in [0.15, 0.2) is 35.3 Å². The maximum atomic E-state index is 9.69. The van der Waals surface area contributed by atoms with Gasteiger partial charge in [-0.2, -0.15) is 0 Å². The number of aliphatic hydroxyl groups is 1. The van der Waals surface area contributed by atoms with Gasteiger partial charge in [0.1, 0.15) is 0 Å². The van der Waals surface area contributed by atoms with Gasteiger partial charge < -0.3 is 20.6 Å². The van der Waals surface area contributed by atoms with Crippen molar-refractivity contribution in [3.8, 4) is 0 Å². The standard InChI is InChI=1S/C20H36N4O.HI/c1-6-16(7-2)19(24(4)5)14-23-20(21-3)22-13-18(15-25)17-11-9-8-10-12-17;/h8-12,16,18-19,25H,6-7,13-15H2,1-5H3,(H2,21,22,23);1H. The van der Waals surface area contributed by atoms with Gasteiger partial charge in [-0.25, -0.2) is 0 Å². The summed E-state index contributed by atoms with van der Waals surface area (Å²) < 4.78 is 0. The molecule has 2 atom stereocenters. The minimum Gasteiger partial charge on any atom is -0.396 e. The Kier molecular flexibility index (Phi) is 13.8. The van der Waals surface area contributed by atoms with Crippen molar-refractivity contribution in [1.82, 2.24) is 15.5 Å². The number of hydrogen-bond acceptors (Lipinski definition) is 3. The largest absolute Gasteiger partial charge is 0.396 e. The summed E-state index contributed by atoms with van der Waals surface area (Å²) in [6.07, 6.45) is 2.35. The van der Waals surface area contributed by atoms with Crippen LogP contribution in [0, 0.1) is 5.92 Å². The van der Waals surface area contributed by atoms with Crippen LogP contribution in [0.2, 0.25) is 0 Å². The molecule has 0 saturated heterocycles. The molecule has 3 N–H and O–H groups in total. The molecule has 0 aliphatic heterocycles. The molecule has 0 aromatic heterocycles. The van der Waals surface area contributed by atoms with Crippen LogP contribution < -0.4 is 10.6 Å².